The van der Waals surface area contributed by atoms with E-state index in [1.54, 1.807) is 0 Å². The van der Waals surface area contributed by atoms with Crippen LogP contribution >= 0.6 is 0 Å². The molecular weight excluding hydrogens is 238 g/mol. The zero-order chi connectivity index (χ0) is 13.7. The lowest BCUT2D eigenvalue weighted by Crippen LogP contribution is -2.46. The number of piperidine rings is 1. The van der Waals surface area contributed by atoms with E-state index in [4.69, 9.17) is 0 Å². The highest BCUT2D eigenvalue weighted by molar-refractivity contribution is 5.74. The van der Waals surface area contributed by atoms with Gasteiger partial charge < -0.3 is 9.80 Å². The lowest BCUT2D eigenvalue weighted by Gasteiger charge is -2.35. The van der Waals surface area contributed by atoms with Crippen molar-refractivity contribution in [2.24, 2.45) is 0 Å². The second-order valence-electron chi connectivity index (χ2n) is 5.00. The normalized spacial score (nSPS) is 16.4. The predicted octanol–water partition coefficient (Wildman–Crippen LogP) is 2.72. The zero-order valence-electron chi connectivity index (χ0n) is 11.9. The van der Waals surface area contributed by atoms with E-state index in [0.29, 0.717) is 5.92 Å². The van der Waals surface area contributed by atoms with E-state index in [-0.39, 0.29) is 6.03 Å². The third-order valence-corrected chi connectivity index (χ3v) is 3.96. The van der Waals surface area contributed by atoms with E-state index >= 15 is 0 Å². The molecule has 2 heterocycles. The third kappa shape index (κ3) is 3.25. The molecule has 0 atom stereocenters. The van der Waals surface area contributed by atoms with Crippen molar-refractivity contribution in [3.05, 3.63) is 30.1 Å². The van der Waals surface area contributed by atoms with Gasteiger partial charge in [0.2, 0.25) is 0 Å². The minimum atomic E-state index is 0.189. The maximum Gasteiger partial charge on any atom is 0.319 e. The molecule has 0 aromatic carbocycles. The molecule has 1 aromatic heterocycles. The summed E-state index contributed by atoms with van der Waals surface area (Å²) in [7, 11) is 0. The molecule has 0 spiro atoms. The van der Waals surface area contributed by atoms with E-state index in [1.165, 1.54) is 5.56 Å². The van der Waals surface area contributed by atoms with E-state index in [1.807, 2.05) is 42.1 Å². The summed E-state index contributed by atoms with van der Waals surface area (Å²) in [4.78, 5) is 20.3. The van der Waals surface area contributed by atoms with Crippen molar-refractivity contribution in [2.45, 2.75) is 32.6 Å². The number of carbonyl (C=O) groups excluding carboxylic acids is 1. The molecule has 1 saturated heterocycles. The van der Waals surface area contributed by atoms with Crippen molar-refractivity contribution in [2.75, 3.05) is 26.2 Å². The fourth-order valence-electron chi connectivity index (χ4n) is 2.72. The van der Waals surface area contributed by atoms with Crippen LogP contribution in [0.4, 0.5) is 4.79 Å². The number of hydrogen-bond donors (Lipinski definition) is 0. The van der Waals surface area contributed by atoms with Gasteiger partial charge in [-0.2, -0.15) is 0 Å². The van der Waals surface area contributed by atoms with Crippen LogP contribution in [0.2, 0.25) is 0 Å². The summed E-state index contributed by atoms with van der Waals surface area (Å²) in [6, 6.07) is 4.32. The molecule has 0 radical (unpaired) electrons. The smallest absolute Gasteiger partial charge is 0.319 e. The Balaban J connectivity index is 1.91. The number of amides is 2. The van der Waals surface area contributed by atoms with Crippen LogP contribution < -0.4 is 0 Å². The maximum atomic E-state index is 12.2. The molecule has 1 fully saturated rings. The van der Waals surface area contributed by atoms with Gasteiger partial charge in [0.1, 0.15) is 0 Å². The zero-order valence-corrected chi connectivity index (χ0v) is 11.9. The van der Waals surface area contributed by atoms with E-state index in [0.717, 1.165) is 39.0 Å². The predicted molar refractivity (Wildman–Crippen MR) is 76.1 cm³/mol. The molecule has 0 unspecified atom stereocenters. The molecule has 0 saturated carbocycles. The fourth-order valence-corrected chi connectivity index (χ4v) is 2.72. The van der Waals surface area contributed by atoms with Crippen molar-refractivity contribution in [3.8, 4) is 0 Å². The molecule has 0 aliphatic carbocycles. The Morgan fingerprint density at radius 3 is 2.58 bits per heavy atom. The van der Waals surface area contributed by atoms with Crippen molar-refractivity contribution in [1.29, 1.82) is 0 Å². The third-order valence-electron chi connectivity index (χ3n) is 3.96. The molecule has 19 heavy (non-hydrogen) atoms. The number of nitrogens with zero attached hydrogens (tertiary/aromatic N) is 3. The largest absolute Gasteiger partial charge is 0.325 e. The van der Waals surface area contributed by atoms with Crippen LogP contribution in [0.25, 0.3) is 0 Å². The van der Waals surface area contributed by atoms with Gasteiger partial charge in [0, 0.05) is 38.6 Å². The van der Waals surface area contributed by atoms with Crippen LogP contribution in [0.1, 0.15) is 38.2 Å². The van der Waals surface area contributed by atoms with Crippen molar-refractivity contribution in [1.82, 2.24) is 14.8 Å². The van der Waals surface area contributed by atoms with Crippen LogP contribution in [0.5, 0.6) is 0 Å². The standard InChI is InChI=1S/C15H23N3O/c1-3-17(4-2)15(19)18-10-7-13(8-11-18)14-6-5-9-16-12-14/h5-6,9,12-13H,3-4,7-8,10-11H2,1-2H3. The Kier molecular flexibility index (Phi) is 4.77. The highest BCUT2D eigenvalue weighted by Gasteiger charge is 2.25. The average molecular weight is 261 g/mol. The number of pyridine rings is 1. The van der Waals surface area contributed by atoms with Crippen LogP contribution in [0, 0.1) is 0 Å². The first-order valence-electron chi connectivity index (χ1n) is 7.20. The Labute approximate surface area is 115 Å². The van der Waals surface area contributed by atoms with Gasteiger partial charge >= 0.3 is 6.03 Å². The monoisotopic (exact) mass is 261 g/mol. The SMILES string of the molecule is CCN(CC)C(=O)N1CCC(c2cccnc2)CC1. The maximum absolute atomic E-state index is 12.2. The molecule has 1 aromatic rings. The molecule has 1 aliphatic heterocycles. The second-order valence-corrected chi connectivity index (χ2v) is 5.00. The topological polar surface area (TPSA) is 36.4 Å². The highest BCUT2D eigenvalue weighted by atomic mass is 16.2. The summed E-state index contributed by atoms with van der Waals surface area (Å²) >= 11 is 0. The lowest BCUT2D eigenvalue weighted by atomic mass is 9.91. The van der Waals surface area contributed by atoms with Gasteiger partial charge in [0.05, 0.1) is 0 Å². The number of urea groups is 1. The van der Waals surface area contributed by atoms with Crippen LogP contribution in [-0.4, -0.2) is 47.0 Å². The van der Waals surface area contributed by atoms with Gasteiger partial charge in [-0.25, -0.2) is 4.79 Å². The average Bonchev–Trinajstić information content (AvgIpc) is 2.49. The Morgan fingerprint density at radius 2 is 2.05 bits per heavy atom. The first-order valence-corrected chi connectivity index (χ1v) is 7.20. The minimum Gasteiger partial charge on any atom is -0.325 e. The van der Waals surface area contributed by atoms with Crippen molar-refractivity contribution >= 4 is 6.03 Å². The molecular formula is C15H23N3O. The lowest BCUT2D eigenvalue weighted by molar-refractivity contribution is 0.144. The molecule has 4 nitrogen and oxygen atoms in total. The molecule has 1 aliphatic rings. The Morgan fingerprint density at radius 1 is 1.37 bits per heavy atom. The summed E-state index contributed by atoms with van der Waals surface area (Å²) in [5.74, 6) is 0.550. The number of carbonyl (C=O) groups is 1. The second kappa shape index (κ2) is 6.55. The van der Waals surface area contributed by atoms with Gasteiger partial charge in [0.15, 0.2) is 0 Å². The Hall–Kier alpha value is -1.58. The molecule has 2 rings (SSSR count). The summed E-state index contributed by atoms with van der Waals surface area (Å²) < 4.78 is 0. The first-order chi connectivity index (χ1) is 9.26. The molecule has 4 heteroatoms. The molecule has 104 valence electrons. The van der Waals surface area contributed by atoms with Gasteiger partial charge in [0.25, 0.3) is 0 Å². The quantitative estimate of drug-likeness (QED) is 0.839. The van der Waals surface area contributed by atoms with Crippen molar-refractivity contribution < 1.29 is 4.79 Å². The summed E-state index contributed by atoms with van der Waals surface area (Å²) in [5, 5.41) is 0. The van der Waals surface area contributed by atoms with Crippen LogP contribution in [0.15, 0.2) is 24.5 Å². The van der Waals surface area contributed by atoms with E-state index < -0.39 is 0 Å². The number of aromatic nitrogens is 1. The summed E-state index contributed by atoms with van der Waals surface area (Å²) in [5.41, 5.74) is 1.30. The summed E-state index contributed by atoms with van der Waals surface area (Å²) in [6.45, 7) is 7.35. The number of likely N-dealkylation sites (tertiary alicyclic amines) is 1. The molecule has 2 amide bonds. The van der Waals surface area contributed by atoms with Gasteiger partial charge in [-0.3, -0.25) is 4.98 Å². The van der Waals surface area contributed by atoms with E-state index in [9.17, 15) is 4.79 Å². The number of rotatable bonds is 3. The number of hydrogen-bond acceptors (Lipinski definition) is 2. The summed E-state index contributed by atoms with van der Waals surface area (Å²) in [6.07, 6.45) is 5.84. The highest BCUT2D eigenvalue weighted by Crippen LogP contribution is 2.27. The fraction of sp³-hybridized carbons (Fsp3) is 0.600. The van der Waals surface area contributed by atoms with Gasteiger partial charge in [-0.15, -0.1) is 0 Å². The van der Waals surface area contributed by atoms with E-state index in [2.05, 4.69) is 11.1 Å². The minimum absolute atomic E-state index is 0.189. The van der Waals surface area contributed by atoms with Gasteiger partial charge in [-0.05, 0) is 44.2 Å². The Bertz CT molecular complexity index is 395. The van der Waals surface area contributed by atoms with Gasteiger partial charge in [-0.1, -0.05) is 6.07 Å². The van der Waals surface area contributed by atoms with Crippen LogP contribution in [-0.2, 0) is 0 Å². The molecule has 0 N–H and O–H groups in total. The van der Waals surface area contributed by atoms with Crippen molar-refractivity contribution in [3.63, 3.8) is 0 Å². The first kappa shape index (κ1) is 13.8. The molecule has 0 bridgehead atoms. The van der Waals surface area contributed by atoms with Crippen LogP contribution in [0.3, 0.4) is 0 Å².